The second kappa shape index (κ2) is 9.03. The van der Waals surface area contributed by atoms with Gasteiger partial charge in [0.1, 0.15) is 12.1 Å². The van der Waals surface area contributed by atoms with Crippen molar-refractivity contribution in [1.29, 1.82) is 0 Å². The maximum absolute atomic E-state index is 13.1. The Morgan fingerprint density at radius 3 is 2.74 bits per heavy atom. The zero-order valence-electron chi connectivity index (χ0n) is 17.2. The number of hydrogen-bond donors (Lipinski definition) is 1. The number of likely N-dealkylation sites (tertiary alicyclic amines) is 1. The Labute approximate surface area is 179 Å². The van der Waals surface area contributed by atoms with Crippen LogP contribution in [0.25, 0.3) is 5.69 Å². The quantitative estimate of drug-likeness (QED) is 0.682. The zero-order chi connectivity index (χ0) is 21.8. The molecule has 9 heteroatoms. The number of halogens is 1. The minimum absolute atomic E-state index is 0.0552. The van der Waals surface area contributed by atoms with Gasteiger partial charge in [0.25, 0.3) is 0 Å². The fraction of sp³-hybridized carbons (Fsp3) is 0.318. The molecule has 1 atom stereocenters. The molecule has 0 aliphatic carbocycles. The number of rotatable bonds is 5. The maximum Gasteiger partial charge on any atom is 0.229 e. The van der Waals surface area contributed by atoms with Crippen LogP contribution in [0.2, 0.25) is 0 Å². The van der Waals surface area contributed by atoms with Gasteiger partial charge in [0.2, 0.25) is 11.8 Å². The molecule has 2 amide bonds. The second-order valence-corrected chi connectivity index (χ2v) is 7.73. The van der Waals surface area contributed by atoms with E-state index in [1.54, 1.807) is 21.7 Å². The summed E-state index contributed by atoms with van der Waals surface area (Å²) in [6.45, 7) is 2.93. The van der Waals surface area contributed by atoms with Crippen LogP contribution < -0.4 is 5.32 Å². The molecule has 4 rings (SSSR count). The Balaban J connectivity index is 1.39. The Bertz CT molecular complexity index is 1070. The Hall–Kier alpha value is -3.62. The largest absolute Gasteiger partial charge is 0.342 e. The van der Waals surface area contributed by atoms with Gasteiger partial charge in [0.05, 0.1) is 18.0 Å². The van der Waals surface area contributed by atoms with Gasteiger partial charge in [-0.1, -0.05) is 18.2 Å². The van der Waals surface area contributed by atoms with Crippen molar-refractivity contribution >= 4 is 17.5 Å². The summed E-state index contributed by atoms with van der Waals surface area (Å²) in [6.07, 6.45) is 3.18. The van der Waals surface area contributed by atoms with Gasteiger partial charge in [-0.2, -0.15) is 0 Å². The molecule has 0 saturated carbocycles. The van der Waals surface area contributed by atoms with E-state index in [1.165, 1.54) is 18.5 Å². The number of anilines is 1. The first-order valence-electron chi connectivity index (χ1n) is 10.2. The first-order chi connectivity index (χ1) is 15.0. The first-order valence-corrected chi connectivity index (χ1v) is 10.2. The molecule has 0 radical (unpaired) electrons. The third-order valence-corrected chi connectivity index (χ3v) is 5.49. The lowest BCUT2D eigenvalue weighted by Gasteiger charge is -2.32. The van der Waals surface area contributed by atoms with E-state index in [9.17, 15) is 14.0 Å². The van der Waals surface area contributed by atoms with Gasteiger partial charge in [0, 0.05) is 18.8 Å². The third kappa shape index (κ3) is 4.93. The highest BCUT2D eigenvalue weighted by molar-refractivity contribution is 5.93. The number of hydrogen-bond acceptors (Lipinski definition) is 5. The van der Waals surface area contributed by atoms with Crippen molar-refractivity contribution in [3.63, 3.8) is 0 Å². The number of carbonyl (C=O) groups excluding carboxylic acids is 2. The van der Waals surface area contributed by atoms with Crippen molar-refractivity contribution in [2.75, 3.05) is 18.4 Å². The monoisotopic (exact) mass is 422 g/mol. The molecule has 1 aliphatic heterocycles. The van der Waals surface area contributed by atoms with E-state index < -0.39 is 0 Å². The lowest BCUT2D eigenvalue weighted by Crippen LogP contribution is -2.44. The van der Waals surface area contributed by atoms with Gasteiger partial charge in [-0.3, -0.25) is 9.59 Å². The van der Waals surface area contributed by atoms with E-state index in [-0.39, 0.29) is 30.0 Å². The van der Waals surface area contributed by atoms with Gasteiger partial charge < -0.3 is 10.2 Å². The van der Waals surface area contributed by atoms with Crippen LogP contribution in [0.3, 0.4) is 0 Å². The maximum atomic E-state index is 13.1. The lowest BCUT2D eigenvalue weighted by atomic mass is 9.96. The number of aryl methyl sites for hydroxylation is 1. The number of amides is 2. The zero-order valence-corrected chi connectivity index (χ0v) is 17.2. The van der Waals surface area contributed by atoms with Gasteiger partial charge >= 0.3 is 0 Å². The van der Waals surface area contributed by atoms with Gasteiger partial charge in [-0.15, -0.1) is 5.10 Å². The predicted octanol–water partition coefficient (Wildman–Crippen LogP) is 2.53. The third-order valence-electron chi connectivity index (χ3n) is 5.49. The molecule has 1 saturated heterocycles. The van der Waals surface area contributed by atoms with Crippen molar-refractivity contribution in [1.82, 2.24) is 25.1 Å². The lowest BCUT2D eigenvalue weighted by molar-refractivity contribution is -0.133. The van der Waals surface area contributed by atoms with Crippen LogP contribution in [0.1, 0.15) is 24.0 Å². The Kier molecular flexibility index (Phi) is 6.01. The summed E-state index contributed by atoms with van der Waals surface area (Å²) in [5, 5.41) is 14.2. The molecular weight excluding hydrogens is 399 g/mol. The average molecular weight is 422 g/mol. The summed E-state index contributed by atoms with van der Waals surface area (Å²) in [7, 11) is 0. The van der Waals surface area contributed by atoms with E-state index in [4.69, 9.17) is 0 Å². The van der Waals surface area contributed by atoms with Crippen LogP contribution in [0, 0.1) is 18.7 Å². The molecule has 8 nitrogen and oxygen atoms in total. The number of benzene rings is 2. The molecule has 3 aromatic rings. The van der Waals surface area contributed by atoms with Crippen molar-refractivity contribution < 1.29 is 14.0 Å². The molecule has 31 heavy (non-hydrogen) atoms. The molecule has 2 aromatic carbocycles. The number of nitrogens with one attached hydrogen (secondary N) is 1. The predicted molar refractivity (Wildman–Crippen MR) is 112 cm³/mol. The highest BCUT2D eigenvalue weighted by atomic mass is 19.1. The van der Waals surface area contributed by atoms with E-state index in [0.717, 1.165) is 29.7 Å². The summed E-state index contributed by atoms with van der Waals surface area (Å²) in [6, 6.07) is 11.5. The van der Waals surface area contributed by atoms with Gasteiger partial charge in [0.15, 0.2) is 0 Å². The number of nitrogens with zero attached hydrogens (tertiary/aromatic N) is 5. The number of piperidine rings is 1. The average Bonchev–Trinajstić information content (AvgIpc) is 3.31. The summed E-state index contributed by atoms with van der Waals surface area (Å²) in [5.41, 5.74) is 3.16. The van der Waals surface area contributed by atoms with Gasteiger partial charge in [-0.05, 0) is 65.6 Å². The Morgan fingerprint density at radius 2 is 2.00 bits per heavy atom. The second-order valence-electron chi connectivity index (χ2n) is 7.73. The van der Waals surface area contributed by atoms with Crippen LogP contribution in [0.5, 0.6) is 0 Å². The summed E-state index contributed by atoms with van der Waals surface area (Å²) in [4.78, 5) is 27.3. The van der Waals surface area contributed by atoms with Crippen molar-refractivity contribution in [2.45, 2.75) is 26.2 Å². The fourth-order valence-electron chi connectivity index (χ4n) is 3.76. The fourth-order valence-corrected chi connectivity index (χ4v) is 3.76. The van der Waals surface area contributed by atoms with E-state index in [1.807, 2.05) is 25.1 Å². The molecule has 0 bridgehead atoms. The highest BCUT2D eigenvalue weighted by Crippen LogP contribution is 2.22. The smallest absolute Gasteiger partial charge is 0.229 e. The minimum atomic E-state index is -0.328. The van der Waals surface area contributed by atoms with Crippen LogP contribution in [0.15, 0.2) is 48.8 Å². The van der Waals surface area contributed by atoms with E-state index in [0.29, 0.717) is 18.8 Å². The molecule has 1 aromatic heterocycles. The van der Waals surface area contributed by atoms with Crippen molar-refractivity contribution in [3.8, 4) is 5.69 Å². The molecule has 0 spiro atoms. The molecule has 1 fully saturated rings. The molecule has 1 aliphatic rings. The first kappa shape index (κ1) is 20.6. The molecular formula is C22H23FN6O2. The standard InChI is InChI=1S/C22H23FN6O2/c1-15-4-9-19(12-20(15)29-14-24-26-27-29)25-22(31)17-3-2-10-28(13-17)21(30)11-16-5-7-18(23)8-6-16/h4-9,12,14,17H,2-3,10-11,13H2,1H3,(H,25,31). The SMILES string of the molecule is Cc1ccc(NC(=O)C2CCCN(C(=O)Cc3ccc(F)cc3)C2)cc1-n1cnnn1. The molecule has 160 valence electrons. The number of carbonyl (C=O) groups is 2. The Morgan fingerprint density at radius 1 is 1.19 bits per heavy atom. The van der Waals surface area contributed by atoms with Crippen molar-refractivity contribution in [3.05, 3.63) is 65.7 Å². The van der Waals surface area contributed by atoms with E-state index >= 15 is 0 Å². The number of tetrazole rings is 1. The van der Waals surface area contributed by atoms with Crippen LogP contribution in [-0.4, -0.2) is 50.0 Å². The summed E-state index contributed by atoms with van der Waals surface area (Å²) in [5.74, 6) is -0.792. The van der Waals surface area contributed by atoms with Crippen LogP contribution in [-0.2, 0) is 16.0 Å². The van der Waals surface area contributed by atoms with Gasteiger partial charge in [-0.25, -0.2) is 9.07 Å². The summed E-state index contributed by atoms with van der Waals surface area (Å²) >= 11 is 0. The molecule has 1 unspecified atom stereocenters. The van der Waals surface area contributed by atoms with Crippen LogP contribution in [0.4, 0.5) is 10.1 Å². The molecule has 1 N–H and O–H groups in total. The molecule has 2 heterocycles. The topological polar surface area (TPSA) is 93.0 Å². The highest BCUT2D eigenvalue weighted by Gasteiger charge is 2.28. The van der Waals surface area contributed by atoms with Crippen LogP contribution >= 0.6 is 0 Å². The number of aromatic nitrogens is 4. The normalized spacial score (nSPS) is 16.2. The summed E-state index contributed by atoms with van der Waals surface area (Å²) < 4.78 is 14.6. The van der Waals surface area contributed by atoms with E-state index in [2.05, 4.69) is 20.8 Å². The minimum Gasteiger partial charge on any atom is -0.342 e. The van der Waals surface area contributed by atoms with Crippen molar-refractivity contribution in [2.24, 2.45) is 5.92 Å².